The van der Waals surface area contributed by atoms with Gasteiger partial charge in [-0.2, -0.15) is 9.97 Å². The summed E-state index contributed by atoms with van der Waals surface area (Å²) in [6.45, 7) is 27.4. The smallest absolute Gasteiger partial charge is 0.411 e. The number of methoxy groups -OCH3 is 3. The van der Waals surface area contributed by atoms with Crippen molar-refractivity contribution in [2.24, 2.45) is 16.7 Å². The molecule has 528 valence electrons. The average Bonchev–Trinajstić information content (AvgIpc) is 1.06. The Labute approximate surface area is 577 Å². The van der Waals surface area contributed by atoms with E-state index in [-0.39, 0.29) is 100 Å². The summed E-state index contributed by atoms with van der Waals surface area (Å²) in [5.74, 6) is 3.64. The highest BCUT2D eigenvalue weighted by Crippen LogP contribution is 2.50. The molecule has 2 bridgehead atoms. The Balaban J connectivity index is 0.753. The fourth-order valence-electron chi connectivity index (χ4n) is 17.3. The Morgan fingerprint density at radius 3 is 2.16 bits per heavy atom. The predicted molar refractivity (Wildman–Crippen MR) is 377 cm³/mol. The molecule has 2 atom stereocenters. The summed E-state index contributed by atoms with van der Waals surface area (Å²) in [5.41, 5.74) is 4.52. The van der Waals surface area contributed by atoms with Gasteiger partial charge < -0.3 is 48.0 Å². The van der Waals surface area contributed by atoms with Crippen molar-refractivity contribution < 1.29 is 56.4 Å². The molecule has 2 aliphatic carbocycles. The number of anilines is 2. The van der Waals surface area contributed by atoms with Gasteiger partial charge in [0.25, 0.3) is 5.91 Å². The van der Waals surface area contributed by atoms with Crippen molar-refractivity contribution in [2.75, 3.05) is 123 Å². The van der Waals surface area contributed by atoms with Crippen LogP contribution in [0, 0.1) is 39.8 Å². The monoisotopic (exact) mass is 1370 g/mol. The molecule has 1 spiro atoms. The highest BCUT2D eigenvalue weighted by atomic mass is 28.3. The first-order valence-electron chi connectivity index (χ1n) is 35.5. The Hall–Kier alpha value is -7.23. The largest absolute Gasteiger partial charge is 0.495 e. The van der Waals surface area contributed by atoms with Gasteiger partial charge in [0.2, 0.25) is 5.91 Å². The Bertz CT molecular complexity index is 3860. The van der Waals surface area contributed by atoms with E-state index in [4.69, 9.17) is 43.4 Å². The molecule has 20 nitrogen and oxygen atoms in total. The minimum atomic E-state index is -2.38. The number of nitrogens with zero attached hydrogens (tertiary/aromatic N) is 9. The lowest BCUT2D eigenvalue weighted by Crippen LogP contribution is -2.66. The zero-order valence-electron chi connectivity index (χ0n) is 59.5. The van der Waals surface area contributed by atoms with Crippen LogP contribution < -0.4 is 29.3 Å². The van der Waals surface area contributed by atoms with Crippen molar-refractivity contribution in [3.8, 4) is 40.2 Å². The number of carbonyl (C=O) groups is 4. The minimum absolute atomic E-state index is 0.0101. The lowest BCUT2D eigenvalue weighted by Gasteiger charge is -2.49. The van der Waals surface area contributed by atoms with Gasteiger partial charge in [-0.3, -0.25) is 29.7 Å². The average molecular weight is 1370 g/mol. The molecule has 5 amide bonds. The molecular weight excluding hydrogens is 1270 g/mol. The van der Waals surface area contributed by atoms with Crippen LogP contribution in [0.25, 0.3) is 32.9 Å². The molecule has 7 heterocycles. The van der Waals surface area contributed by atoms with E-state index in [1.807, 2.05) is 30.6 Å². The Morgan fingerprint density at radius 2 is 1.51 bits per heavy atom. The van der Waals surface area contributed by atoms with Gasteiger partial charge in [-0.15, -0.1) is 5.54 Å². The Morgan fingerprint density at radius 1 is 0.796 bits per heavy atom. The van der Waals surface area contributed by atoms with Crippen LogP contribution in [0.1, 0.15) is 149 Å². The van der Waals surface area contributed by atoms with E-state index in [1.165, 1.54) is 38.0 Å². The van der Waals surface area contributed by atoms with Gasteiger partial charge in [-0.1, -0.05) is 53.5 Å². The highest BCUT2D eigenvalue weighted by Gasteiger charge is 2.56. The molecule has 3 aromatic carbocycles. The molecule has 98 heavy (non-hydrogen) atoms. The van der Waals surface area contributed by atoms with Crippen molar-refractivity contribution in [3.63, 3.8) is 0 Å². The number of nitrogens with one attached hydrogen (secondary N) is 1. The molecule has 2 unspecified atom stereocenters. The van der Waals surface area contributed by atoms with Crippen LogP contribution in [-0.2, 0) is 19.0 Å². The van der Waals surface area contributed by atoms with E-state index in [0.717, 1.165) is 77.8 Å². The maximum Gasteiger partial charge on any atom is 0.411 e. The normalized spacial score (nSPS) is 21.5. The number of urea groups is 1. The van der Waals surface area contributed by atoms with Crippen LogP contribution >= 0.6 is 0 Å². The number of likely N-dealkylation sites (tertiary alicyclic amines) is 1. The van der Waals surface area contributed by atoms with Crippen LogP contribution in [-0.4, -0.2) is 197 Å². The Kier molecular flexibility index (Phi) is 20.5. The number of imide groups is 1. The molecule has 5 aromatic rings. The van der Waals surface area contributed by atoms with Gasteiger partial charge >= 0.3 is 18.1 Å². The molecular formula is C75H100F2N10O10Si. The van der Waals surface area contributed by atoms with E-state index in [2.05, 4.69) is 73.0 Å². The summed E-state index contributed by atoms with van der Waals surface area (Å²) in [5, 5.41) is 3.73. The summed E-state index contributed by atoms with van der Waals surface area (Å²) in [4.78, 5) is 80.3. The second kappa shape index (κ2) is 28.4. The van der Waals surface area contributed by atoms with Gasteiger partial charge in [0.15, 0.2) is 12.6 Å². The molecule has 12 rings (SSSR count). The third-order valence-electron chi connectivity index (χ3n) is 22.6. The molecule has 7 aliphatic rings. The number of benzene rings is 3. The van der Waals surface area contributed by atoms with Crippen molar-refractivity contribution in [1.29, 1.82) is 0 Å². The van der Waals surface area contributed by atoms with E-state index in [0.29, 0.717) is 96.3 Å². The molecule has 7 fully saturated rings. The summed E-state index contributed by atoms with van der Waals surface area (Å²) in [7, 11) is 2.31. The van der Waals surface area contributed by atoms with E-state index in [1.54, 1.807) is 49.7 Å². The summed E-state index contributed by atoms with van der Waals surface area (Å²) in [6, 6.07) is 11.0. The summed E-state index contributed by atoms with van der Waals surface area (Å²) >= 11 is 0. The van der Waals surface area contributed by atoms with Gasteiger partial charge in [0.1, 0.15) is 48.0 Å². The first-order valence-corrected chi connectivity index (χ1v) is 37.7. The molecule has 2 aromatic heterocycles. The molecule has 5 saturated heterocycles. The number of aromatic nitrogens is 3. The predicted octanol–water partition coefficient (Wildman–Crippen LogP) is 12.6. The SMILES string of the molecule is COCOc1cc(-c2ncc3c(N4CC5CCC(COC)(C4)N5C(=O)OC(C)(C)C)nc(OCC4(CN5CCN(CC6CCC7(CC6)CCN(C(=O)c6ccc(OC)c(N8CCC(=O)NC8=O)c6)CC7)CC5)CC4)nc3c2F)c2c(C#C[Si](C(C)C)(C(C)C)C(C)C)c(F)ccc2c1. The van der Waals surface area contributed by atoms with Crippen LogP contribution in [0.2, 0.25) is 16.6 Å². The van der Waals surface area contributed by atoms with Crippen LogP contribution in [0.5, 0.6) is 17.5 Å². The minimum Gasteiger partial charge on any atom is -0.495 e. The number of carbonyl (C=O) groups excluding carboxylic acids is 4. The number of halogens is 2. The number of piperidine rings is 1. The topological polar surface area (TPSA) is 194 Å². The van der Waals surface area contributed by atoms with Crippen molar-refractivity contribution in [2.45, 2.75) is 167 Å². The highest BCUT2D eigenvalue weighted by molar-refractivity contribution is 6.90. The fourth-order valence-corrected chi connectivity index (χ4v) is 22.5. The lowest BCUT2D eigenvalue weighted by molar-refractivity contribution is -0.120. The fraction of sp³-hybridized carbons (Fsp3) is 0.613. The second-order valence-electron chi connectivity index (χ2n) is 31.0. The van der Waals surface area contributed by atoms with Crippen molar-refractivity contribution >= 4 is 65.2 Å². The third-order valence-corrected chi connectivity index (χ3v) is 28.9. The number of ether oxygens (including phenoxy) is 6. The quantitative estimate of drug-likeness (QED) is 0.0439. The molecule has 2 saturated carbocycles. The van der Waals surface area contributed by atoms with Gasteiger partial charge in [0, 0.05) is 121 Å². The zero-order valence-corrected chi connectivity index (χ0v) is 60.5. The second-order valence-corrected chi connectivity index (χ2v) is 36.6. The molecule has 5 aliphatic heterocycles. The van der Waals surface area contributed by atoms with E-state index >= 15 is 8.78 Å². The number of amides is 5. The zero-order chi connectivity index (χ0) is 69.6. The third kappa shape index (κ3) is 14.3. The van der Waals surface area contributed by atoms with Crippen molar-refractivity contribution in [3.05, 3.63) is 71.4 Å². The standard InChI is InChI=1S/C75H100F2N10O10Si/c1-48(2)98(49(3)4,50(5)6)36-21-56-59(76)15-13-52-37-55(96-47-93-11)39-57(63(52)56)65-64(77)66-58(40-78-65)67(85-42-54-19-24-75(44-85,46-92-10)87(54)71(91)97-72(7,8)9)81-69(80-66)95-45-74(25-26-74)43-83-34-32-82(33-35-83)41-51-17-22-73(23-18-51)27-30-84(31-28-73)68(89)53-14-16-61(94-12)60(38-53)86-29-20-62(88)79-70(86)90/h13-16,37-40,48-51,54H,17-20,22-35,41-47H2,1-12H3,(H,79,88,90). The van der Waals surface area contributed by atoms with Gasteiger partial charge in [0.05, 0.1) is 48.5 Å². The lowest BCUT2D eigenvalue weighted by atomic mass is 9.65. The van der Waals surface area contributed by atoms with Gasteiger partial charge in [-0.05, 0) is 155 Å². The molecule has 23 heteroatoms. The maximum absolute atomic E-state index is 18.5. The number of hydrogen-bond donors (Lipinski definition) is 1. The van der Waals surface area contributed by atoms with Crippen LogP contribution in [0.3, 0.4) is 0 Å². The van der Waals surface area contributed by atoms with E-state index in [9.17, 15) is 19.2 Å². The number of pyridine rings is 1. The molecule has 1 N–H and O–H groups in total. The first-order chi connectivity index (χ1) is 46.8. The summed E-state index contributed by atoms with van der Waals surface area (Å²) < 4.78 is 70.8. The number of piperazine rings is 2. The number of rotatable bonds is 20. The van der Waals surface area contributed by atoms with Crippen LogP contribution in [0.15, 0.2) is 48.7 Å². The molecule has 0 radical (unpaired) electrons. The summed E-state index contributed by atoms with van der Waals surface area (Å²) in [6.07, 6.45) is 11.3. The van der Waals surface area contributed by atoms with Crippen molar-refractivity contribution in [1.82, 2.24) is 39.9 Å². The van der Waals surface area contributed by atoms with Crippen LogP contribution in [0.4, 0.5) is 29.9 Å². The van der Waals surface area contributed by atoms with E-state index < -0.39 is 43.0 Å². The number of hydrogen-bond acceptors (Lipinski definition) is 16. The van der Waals surface area contributed by atoms with Gasteiger partial charge in [-0.25, -0.2) is 18.4 Å². The maximum atomic E-state index is 18.5. The first kappa shape index (κ1) is 70.6. The number of fused-ring (bicyclic) bond motifs is 4.